The first kappa shape index (κ1) is 12.4. The third-order valence-corrected chi connectivity index (χ3v) is 1.88. The van der Waals surface area contributed by atoms with Gasteiger partial charge in [0.2, 0.25) is 0 Å². The Kier molecular flexibility index (Phi) is 4.75. The van der Waals surface area contributed by atoms with Crippen molar-refractivity contribution in [3.63, 3.8) is 0 Å². The van der Waals surface area contributed by atoms with Gasteiger partial charge >= 0.3 is 0 Å². The van der Waals surface area contributed by atoms with Gasteiger partial charge in [0.25, 0.3) is 0 Å². The van der Waals surface area contributed by atoms with Crippen molar-refractivity contribution in [2.24, 2.45) is 7.05 Å². The van der Waals surface area contributed by atoms with Gasteiger partial charge in [0, 0.05) is 53.8 Å². The van der Waals surface area contributed by atoms with E-state index in [4.69, 9.17) is 1.37 Å². The zero-order valence-electron chi connectivity index (χ0n) is 8.87. The van der Waals surface area contributed by atoms with Gasteiger partial charge in [0.15, 0.2) is 0 Å². The molecule has 5 heteroatoms. The number of aryl methyl sites for hydroxylation is 2. The zero-order chi connectivity index (χ0) is 9.59. The number of fused-ring (bicyclic) bond motifs is 1. The van der Waals surface area contributed by atoms with Gasteiger partial charge in [0.05, 0.1) is 5.43 Å². The van der Waals surface area contributed by atoms with Gasteiger partial charge in [-0.15, -0.1) is 5.39 Å². The molecule has 0 amide bonds. The molecule has 0 aliphatic carbocycles. The molecule has 0 aliphatic heterocycles. The first-order valence-electron chi connectivity index (χ1n) is 4.12. The average Bonchev–Trinajstić information content (AvgIpc) is 2.33. The molecule has 0 atom stereocenters. The second-order valence-corrected chi connectivity index (χ2v) is 2.77. The molecule has 2 heterocycles. The number of nitrogens with zero attached hydrogens (tertiary/aromatic N) is 2. The van der Waals surface area contributed by atoms with Crippen molar-refractivity contribution in [1.82, 2.24) is 9.55 Å². The van der Waals surface area contributed by atoms with Crippen LogP contribution in [0.5, 0.6) is 0 Å². The summed E-state index contributed by atoms with van der Waals surface area (Å²) < 4.78 is 8.94. The van der Waals surface area contributed by atoms with Crippen molar-refractivity contribution < 1.29 is 55.1 Å². The maximum Gasteiger partial charge on any atom is 0.0753 e. The van der Waals surface area contributed by atoms with Gasteiger partial charge in [-0.3, -0.25) is 0 Å². The third-order valence-electron chi connectivity index (χ3n) is 1.88. The van der Waals surface area contributed by atoms with E-state index in [2.05, 4.69) is 11.2 Å². The standard InChI is InChI=1S/C9H8N2O.W.Y/c1-6-3-4-10-9-8(6)7(12)5-11(9)2;;/h3,5H,1-2H3;;/q-2;;/i5T;;. The maximum atomic E-state index is 11.5. The van der Waals surface area contributed by atoms with Gasteiger partial charge in [0.1, 0.15) is 0 Å². The summed E-state index contributed by atoms with van der Waals surface area (Å²) in [5.41, 5.74) is 1.11. The molecule has 14 heavy (non-hydrogen) atoms. The molecule has 2 rings (SSSR count). The minimum absolute atomic E-state index is 0. The van der Waals surface area contributed by atoms with Gasteiger partial charge in [-0.1, -0.05) is 19.3 Å². The van der Waals surface area contributed by atoms with E-state index in [1.807, 2.05) is 6.92 Å². The largest absolute Gasteiger partial charge is 0.448 e. The summed E-state index contributed by atoms with van der Waals surface area (Å²) >= 11 is 0. The molecule has 0 aromatic carbocycles. The molecule has 2 aromatic rings. The number of rotatable bonds is 0. The topological polar surface area (TPSA) is 34.9 Å². The Balaban J connectivity index is 0.000000980. The molecule has 0 unspecified atom stereocenters. The molecule has 0 spiro atoms. The Morgan fingerprint density at radius 1 is 1.71 bits per heavy atom. The molecule has 3 nitrogen and oxygen atoms in total. The minimum atomic E-state index is -0.253. The molecule has 2 aromatic heterocycles. The normalized spacial score (nSPS) is 10.3. The summed E-state index contributed by atoms with van der Waals surface area (Å²) in [6, 6.07) is 1.66. The summed E-state index contributed by atoms with van der Waals surface area (Å²) in [6.07, 6.45) is 2.67. The molecular weight excluding hydrogens is 425 g/mol. The van der Waals surface area contributed by atoms with Gasteiger partial charge in [-0.25, -0.2) is 0 Å². The van der Waals surface area contributed by atoms with Crippen LogP contribution in [0, 0.1) is 13.1 Å². The molecule has 1 radical (unpaired) electrons. The van der Waals surface area contributed by atoms with Crippen molar-refractivity contribution in [3.05, 3.63) is 34.2 Å². The Labute approximate surface area is 123 Å². The van der Waals surface area contributed by atoms with Crippen LogP contribution >= 0.6 is 0 Å². The molecule has 0 saturated heterocycles. The molecule has 0 bridgehead atoms. The SMILES string of the molecule is [3H][c-]1c(=O)c2c(C)c[c-]nc2n1C.[W].[Y]. The van der Waals surface area contributed by atoms with E-state index in [0.717, 1.165) is 5.56 Å². The van der Waals surface area contributed by atoms with E-state index in [0.29, 0.717) is 11.0 Å². The third kappa shape index (κ3) is 2.26. The summed E-state index contributed by atoms with van der Waals surface area (Å²) in [7, 11) is 1.66. The van der Waals surface area contributed by atoms with Crippen LogP contribution in [0.4, 0.5) is 0 Å². The average molecular weight is 435 g/mol. The number of aromatic nitrogens is 2. The van der Waals surface area contributed by atoms with Crippen LogP contribution in [-0.2, 0) is 60.8 Å². The summed E-state index contributed by atoms with van der Waals surface area (Å²) in [5, 5.41) is 0.534. The summed E-state index contributed by atoms with van der Waals surface area (Å²) in [6.45, 7) is 1.82. The molecular formula is C9H8N2OWY-2. The van der Waals surface area contributed by atoms with Crippen molar-refractivity contribution in [3.8, 4) is 0 Å². The van der Waals surface area contributed by atoms with E-state index in [9.17, 15) is 4.79 Å². The quantitative estimate of drug-likeness (QED) is 0.574. The Morgan fingerprint density at radius 3 is 2.93 bits per heavy atom. The maximum absolute atomic E-state index is 11.5. The Bertz CT molecular complexity index is 535. The van der Waals surface area contributed by atoms with E-state index < -0.39 is 0 Å². The molecule has 0 fully saturated rings. The molecule has 0 aliphatic rings. The van der Waals surface area contributed by atoms with Crippen molar-refractivity contribution in [2.45, 2.75) is 6.92 Å². The number of pyridine rings is 1. The molecule has 0 N–H and O–H groups in total. The molecule has 71 valence electrons. The Hall–Kier alpha value is 0.282. The smallest absolute Gasteiger partial charge is 0.0753 e. The second-order valence-electron chi connectivity index (χ2n) is 2.77. The number of hydrogen-bond acceptors (Lipinski definition) is 2. The fourth-order valence-corrected chi connectivity index (χ4v) is 1.28. The fraction of sp³-hybridized carbons (Fsp3) is 0.222. The van der Waals surface area contributed by atoms with Crippen LogP contribution < -0.4 is 5.43 Å². The first-order valence-corrected chi connectivity index (χ1v) is 3.62. The van der Waals surface area contributed by atoms with Crippen molar-refractivity contribution in [2.75, 3.05) is 0 Å². The van der Waals surface area contributed by atoms with Gasteiger partial charge in [-0.2, -0.15) is 11.6 Å². The number of hydrogen-bond donors (Lipinski definition) is 0. The van der Waals surface area contributed by atoms with Crippen LogP contribution in [-0.4, -0.2) is 9.55 Å². The molecule has 0 saturated carbocycles. The Morgan fingerprint density at radius 2 is 2.36 bits per heavy atom. The fourth-order valence-electron chi connectivity index (χ4n) is 1.28. The van der Waals surface area contributed by atoms with Crippen LogP contribution in [0.3, 0.4) is 0 Å². The van der Waals surface area contributed by atoms with E-state index >= 15 is 0 Å². The van der Waals surface area contributed by atoms with Gasteiger partial charge < -0.3 is 14.3 Å². The van der Waals surface area contributed by atoms with Crippen LogP contribution in [0.25, 0.3) is 11.0 Å². The second kappa shape index (κ2) is 5.39. The minimum Gasteiger partial charge on any atom is -0.448 e. The predicted molar refractivity (Wildman–Crippen MR) is 46.2 cm³/mol. The van der Waals surface area contributed by atoms with Crippen molar-refractivity contribution >= 4 is 11.0 Å². The van der Waals surface area contributed by atoms with Crippen LogP contribution in [0.2, 0.25) is 0 Å². The zero-order valence-corrected chi connectivity index (χ0v) is 13.6. The summed E-state index contributed by atoms with van der Waals surface area (Å²) in [5.74, 6) is 0. The van der Waals surface area contributed by atoms with E-state index in [1.54, 1.807) is 13.1 Å². The summed E-state index contributed by atoms with van der Waals surface area (Å²) in [4.78, 5) is 15.4. The monoisotopic (exact) mass is 435 g/mol. The first-order chi connectivity index (χ1) is 6.13. The van der Waals surface area contributed by atoms with Gasteiger partial charge in [-0.05, 0) is 14.1 Å². The van der Waals surface area contributed by atoms with E-state index in [-0.39, 0.29) is 65.4 Å². The van der Waals surface area contributed by atoms with E-state index in [1.165, 1.54) is 4.57 Å². The van der Waals surface area contributed by atoms with Crippen LogP contribution in [0.1, 0.15) is 6.93 Å². The van der Waals surface area contributed by atoms with Crippen molar-refractivity contribution in [1.29, 1.82) is 0 Å². The predicted octanol–water partition coefficient (Wildman–Crippen LogP) is 0.756. The van der Waals surface area contributed by atoms with Crippen LogP contribution in [0.15, 0.2) is 17.0 Å².